The van der Waals surface area contributed by atoms with Crippen LogP contribution in [0.5, 0.6) is 5.75 Å². The topological polar surface area (TPSA) is 64.3 Å². The third-order valence-electron chi connectivity index (χ3n) is 4.67. The second-order valence-corrected chi connectivity index (χ2v) is 7.12. The fraction of sp³-hybridized carbons (Fsp3) is 0.350. The van der Waals surface area contributed by atoms with Gasteiger partial charge in [-0.2, -0.15) is 4.98 Å². The van der Waals surface area contributed by atoms with Crippen LogP contribution in [0.3, 0.4) is 0 Å². The van der Waals surface area contributed by atoms with E-state index in [-0.39, 0.29) is 0 Å². The molecule has 1 aromatic carbocycles. The number of piperidine rings is 1. The van der Waals surface area contributed by atoms with Crippen LogP contribution in [0.15, 0.2) is 47.1 Å². The van der Waals surface area contributed by atoms with Crippen LogP contribution in [-0.2, 0) is 0 Å². The summed E-state index contributed by atoms with van der Waals surface area (Å²) in [5.41, 5.74) is 0.866. The molecule has 0 aliphatic carbocycles. The van der Waals surface area contributed by atoms with Crippen LogP contribution < -0.4 is 9.64 Å². The quantitative estimate of drug-likeness (QED) is 0.650. The first kappa shape index (κ1) is 17.8. The molecule has 7 heteroatoms. The largest absolute Gasteiger partial charge is 0.492 e. The van der Waals surface area contributed by atoms with Crippen LogP contribution in [0.2, 0.25) is 5.02 Å². The number of anilines is 1. The van der Waals surface area contributed by atoms with Crippen LogP contribution in [0.1, 0.15) is 18.7 Å². The van der Waals surface area contributed by atoms with Crippen LogP contribution >= 0.6 is 11.6 Å². The van der Waals surface area contributed by atoms with Gasteiger partial charge in [-0.1, -0.05) is 28.9 Å². The second-order valence-electron chi connectivity index (χ2n) is 6.72. The number of aromatic nitrogens is 3. The first-order valence-electron chi connectivity index (χ1n) is 9.08. The molecule has 1 atom stereocenters. The Morgan fingerprint density at radius 3 is 2.96 bits per heavy atom. The number of halogens is 1. The molecule has 0 amide bonds. The van der Waals surface area contributed by atoms with Crippen LogP contribution in [0.4, 0.5) is 5.82 Å². The molecule has 1 unspecified atom stereocenters. The Labute approximate surface area is 163 Å². The molecule has 1 aliphatic rings. The smallest absolute Gasteiger partial charge is 0.261 e. The molecular weight excluding hydrogens is 364 g/mol. The Hall–Kier alpha value is -2.60. The molecule has 140 valence electrons. The van der Waals surface area contributed by atoms with Crippen molar-refractivity contribution in [2.45, 2.75) is 19.8 Å². The lowest BCUT2D eigenvalue weighted by Gasteiger charge is -2.34. The van der Waals surface area contributed by atoms with Gasteiger partial charge >= 0.3 is 0 Å². The molecule has 0 saturated carbocycles. The lowest BCUT2D eigenvalue weighted by atomic mass is 9.98. The number of para-hydroxylation sites is 1. The first-order valence-corrected chi connectivity index (χ1v) is 9.46. The Morgan fingerprint density at radius 1 is 1.26 bits per heavy atom. The molecule has 0 N–H and O–H groups in total. The summed E-state index contributed by atoms with van der Waals surface area (Å²) >= 11 is 6.19. The fourth-order valence-corrected chi connectivity index (χ4v) is 3.58. The van der Waals surface area contributed by atoms with Gasteiger partial charge in [0, 0.05) is 25.2 Å². The zero-order chi connectivity index (χ0) is 18.6. The average Bonchev–Trinajstić information content (AvgIpc) is 3.14. The SMILES string of the molecule is Cc1noc(-c2cccnc2N2CCCC(COc3ccccc3Cl)C2)n1. The average molecular weight is 385 g/mol. The van der Waals surface area contributed by atoms with Crippen molar-refractivity contribution >= 4 is 17.4 Å². The highest BCUT2D eigenvalue weighted by Crippen LogP contribution is 2.31. The number of benzene rings is 1. The molecule has 27 heavy (non-hydrogen) atoms. The van der Waals surface area contributed by atoms with Crippen LogP contribution in [0.25, 0.3) is 11.5 Å². The summed E-state index contributed by atoms with van der Waals surface area (Å²) in [6, 6.07) is 11.4. The monoisotopic (exact) mass is 384 g/mol. The predicted molar refractivity (Wildman–Crippen MR) is 104 cm³/mol. The predicted octanol–water partition coefficient (Wildman–Crippen LogP) is 4.39. The van der Waals surface area contributed by atoms with Gasteiger partial charge in [0.15, 0.2) is 5.82 Å². The van der Waals surface area contributed by atoms with Gasteiger partial charge in [0.05, 0.1) is 17.2 Å². The summed E-state index contributed by atoms with van der Waals surface area (Å²) in [6.45, 7) is 4.25. The molecular formula is C20H21ClN4O2. The molecule has 0 spiro atoms. The highest BCUT2D eigenvalue weighted by atomic mass is 35.5. The number of pyridine rings is 1. The lowest BCUT2D eigenvalue weighted by Crippen LogP contribution is -2.38. The Balaban J connectivity index is 1.48. The van der Waals surface area contributed by atoms with Crippen LogP contribution in [-0.4, -0.2) is 34.8 Å². The zero-order valence-corrected chi connectivity index (χ0v) is 15.9. The van der Waals surface area contributed by atoms with E-state index in [0.717, 1.165) is 43.1 Å². The van der Waals surface area contributed by atoms with Crippen molar-refractivity contribution in [2.75, 3.05) is 24.6 Å². The minimum absolute atomic E-state index is 0.398. The lowest BCUT2D eigenvalue weighted by molar-refractivity contribution is 0.228. The fourth-order valence-electron chi connectivity index (χ4n) is 3.39. The maximum atomic E-state index is 6.19. The Kier molecular flexibility index (Phi) is 5.25. The van der Waals surface area contributed by atoms with E-state index < -0.39 is 0 Å². The summed E-state index contributed by atoms with van der Waals surface area (Å²) in [4.78, 5) is 11.2. The molecule has 3 heterocycles. The van der Waals surface area contributed by atoms with Gasteiger partial charge in [0.1, 0.15) is 11.6 Å². The van der Waals surface area contributed by atoms with Gasteiger partial charge in [-0.05, 0) is 44.0 Å². The van der Waals surface area contributed by atoms with Gasteiger partial charge in [0.25, 0.3) is 5.89 Å². The van der Waals surface area contributed by atoms with E-state index in [4.69, 9.17) is 20.9 Å². The number of hydrogen-bond acceptors (Lipinski definition) is 6. The van der Waals surface area contributed by atoms with Gasteiger partial charge in [0.2, 0.25) is 0 Å². The van der Waals surface area contributed by atoms with Gasteiger partial charge in [-0.15, -0.1) is 0 Å². The summed E-state index contributed by atoms with van der Waals surface area (Å²) in [5.74, 6) is 3.13. The maximum Gasteiger partial charge on any atom is 0.261 e. The van der Waals surface area contributed by atoms with E-state index in [2.05, 4.69) is 20.0 Å². The Bertz CT molecular complexity index is 914. The highest BCUT2D eigenvalue weighted by molar-refractivity contribution is 6.32. The van der Waals surface area contributed by atoms with Crippen molar-refractivity contribution in [1.82, 2.24) is 15.1 Å². The minimum atomic E-state index is 0.398. The van der Waals surface area contributed by atoms with E-state index in [9.17, 15) is 0 Å². The van der Waals surface area contributed by atoms with Crippen molar-refractivity contribution in [3.8, 4) is 17.2 Å². The number of nitrogens with zero attached hydrogens (tertiary/aromatic N) is 4. The van der Waals surface area contributed by atoms with E-state index in [1.807, 2.05) is 43.3 Å². The molecule has 0 radical (unpaired) electrons. The van der Waals surface area contributed by atoms with Crippen molar-refractivity contribution in [3.05, 3.63) is 53.4 Å². The summed E-state index contributed by atoms with van der Waals surface area (Å²) < 4.78 is 11.3. The third kappa shape index (κ3) is 4.06. The molecule has 0 bridgehead atoms. The number of aryl methyl sites for hydroxylation is 1. The normalized spacial score (nSPS) is 17.1. The van der Waals surface area contributed by atoms with E-state index >= 15 is 0 Å². The molecule has 6 nitrogen and oxygen atoms in total. The van der Waals surface area contributed by atoms with Crippen molar-refractivity contribution in [1.29, 1.82) is 0 Å². The molecule has 1 saturated heterocycles. The van der Waals surface area contributed by atoms with Crippen molar-refractivity contribution in [3.63, 3.8) is 0 Å². The van der Waals surface area contributed by atoms with Gasteiger partial charge in [-0.3, -0.25) is 0 Å². The molecule has 1 fully saturated rings. The standard InChI is InChI=1S/C20H21ClN4O2/c1-14-23-20(27-24-14)16-7-4-10-22-19(16)25-11-5-6-15(12-25)13-26-18-9-3-2-8-17(18)21/h2-4,7-10,15H,5-6,11-13H2,1H3. The third-order valence-corrected chi connectivity index (χ3v) is 4.99. The molecule has 2 aromatic heterocycles. The summed E-state index contributed by atoms with van der Waals surface area (Å²) in [6.07, 6.45) is 3.99. The summed E-state index contributed by atoms with van der Waals surface area (Å²) in [7, 11) is 0. The van der Waals surface area contributed by atoms with E-state index in [0.29, 0.717) is 29.3 Å². The Morgan fingerprint density at radius 2 is 2.15 bits per heavy atom. The highest BCUT2D eigenvalue weighted by Gasteiger charge is 2.25. The van der Waals surface area contributed by atoms with E-state index in [1.165, 1.54) is 0 Å². The van der Waals surface area contributed by atoms with Gasteiger partial charge in [-0.25, -0.2) is 4.98 Å². The van der Waals surface area contributed by atoms with E-state index in [1.54, 1.807) is 6.20 Å². The first-order chi connectivity index (χ1) is 13.2. The second kappa shape index (κ2) is 7.96. The zero-order valence-electron chi connectivity index (χ0n) is 15.1. The maximum absolute atomic E-state index is 6.19. The molecule has 1 aliphatic heterocycles. The number of hydrogen-bond donors (Lipinski definition) is 0. The number of ether oxygens (including phenoxy) is 1. The van der Waals surface area contributed by atoms with Crippen molar-refractivity contribution < 1.29 is 9.26 Å². The molecule has 3 aromatic rings. The summed E-state index contributed by atoms with van der Waals surface area (Å²) in [5, 5.41) is 4.54. The number of rotatable bonds is 5. The molecule has 4 rings (SSSR count). The minimum Gasteiger partial charge on any atom is -0.492 e. The van der Waals surface area contributed by atoms with Crippen LogP contribution in [0, 0.1) is 12.8 Å². The van der Waals surface area contributed by atoms with Gasteiger partial charge < -0.3 is 14.2 Å². The van der Waals surface area contributed by atoms with Crippen molar-refractivity contribution in [2.24, 2.45) is 5.92 Å².